The number of hydrogen-bond donors (Lipinski definition) is 1. The molecule has 18 heavy (non-hydrogen) atoms. The fourth-order valence-electron chi connectivity index (χ4n) is 2.18. The third kappa shape index (κ3) is 12.4. The number of ether oxygens (including phenoxy) is 1. The maximum Gasteiger partial charge on any atom is 0.0575 e. The monoisotopic (exact) mass is 258 g/mol. The Morgan fingerprint density at radius 2 is 1.44 bits per heavy atom. The first-order chi connectivity index (χ1) is 8.85. The molecular formula is C16H34O2. The molecule has 0 aliphatic rings. The summed E-state index contributed by atoms with van der Waals surface area (Å²) >= 11 is 0. The van der Waals surface area contributed by atoms with Crippen molar-refractivity contribution in [3.63, 3.8) is 0 Å². The van der Waals surface area contributed by atoms with Crippen LogP contribution in [0.3, 0.4) is 0 Å². The van der Waals surface area contributed by atoms with Crippen LogP contribution in [0.15, 0.2) is 0 Å². The van der Waals surface area contributed by atoms with Gasteiger partial charge < -0.3 is 9.84 Å². The summed E-state index contributed by atoms with van der Waals surface area (Å²) in [6.45, 7) is 5.74. The molecule has 0 rings (SSSR count). The fourth-order valence-corrected chi connectivity index (χ4v) is 2.18. The van der Waals surface area contributed by atoms with Gasteiger partial charge in [-0.15, -0.1) is 0 Å². The summed E-state index contributed by atoms with van der Waals surface area (Å²) in [6.07, 6.45) is 13.9. The summed E-state index contributed by atoms with van der Waals surface area (Å²) in [4.78, 5) is 0. The van der Waals surface area contributed by atoms with E-state index in [-0.39, 0.29) is 0 Å². The van der Waals surface area contributed by atoms with Crippen LogP contribution >= 0.6 is 0 Å². The normalized spacial score (nSPS) is 12.8. The van der Waals surface area contributed by atoms with E-state index in [2.05, 4.69) is 13.8 Å². The molecule has 110 valence electrons. The first kappa shape index (κ1) is 17.9. The van der Waals surface area contributed by atoms with Gasteiger partial charge in [-0.1, -0.05) is 58.8 Å². The van der Waals surface area contributed by atoms with Gasteiger partial charge >= 0.3 is 0 Å². The lowest BCUT2D eigenvalue weighted by atomic mass is 10.1. The molecule has 1 unspecified atom stereocenters. The van der Waals surface area contributed by atoms with E-state index in [1.165, 1.54) is 51.4 Å². The number of aliphatic hydroxyl groups excluding tert-OH is 1. The smallest absolute Gasteiger partial charge is 0.0575 e. The van der Waals surface area contributed by atoms with Gasteiger partial charge in [-0.05, 0) is 25.7 Å². The first-order valence-electron chi connectivity index (χ1n) is 8.07. The number of hydrogen-bond acceptors (Lipinski definition) is 2. The Morgan fingerprint density at radius 3 is 2.11 bits per heavy atom. The van der Waals surface area contributed by atoms with Crippen LogP contribution in [0.4, 0.5) is 0 Å². The first-order valence-corrected chi connectivity index (χ1v) is 8.07. The number of aliphatic hydroxyl groups is 1. The molecule has 0 bridgehead atoms. The summed E-state index contributed by atoms with van der Waals surface area (Å²) in [5, 5.41) is 8.70. The molecule has 0 aromatic carbocycles. The van der Waals surface area contributed by atoms with Crippen LogP contribution in [0.1, 0.15) is 84.5 Å². The van der Waals surface area contributed by atoms with E-state index in [1.54, 1.807) is 0 Å². The van der Waals surface area contributed by atoms with Crippen molar-refractivity contribution in [1.82, 2.24) is 0 Å². The second kappa shape index (κ2) is 15.0. The van der Waals surface area contributed by atoms with Crippen LogP contribution in [0.5, 0.6) is 0 Å². The predicted octanol–water partition coefficient (Wildman–Crippen LogP) is 4.69. The Labute approximate surface area is 114 Å². The van der Waals surface area contributed by atoms with Crippen molar-refractivity contribution in [2.24, 2.45) is 0 Å². The minimum atomic E-state index is 0.330. The van der Waals surface area contributed by atoms with Gasteiger partial charge in [0.05, 0.1) is 6.10 Å². The summed E-state index contributed by atoms with van der Waals surface area (Å²) < 4.78 is 6.01. The Balaban J connectivity index is 3.51. The van der Waals surface area contributed by atoms with Crippen molar-refractivity contribution < 1.29 is 9.84 Å². The predicted molar refractivity (Wildman–Crippen MR) is 79.0 cm³/mol. The molecule has 2 heteroatoms. The van der Waals surface area contributed by atoms with Gasteiger partial charge in [0.25, 0.3) is 0 Å². The molecule has 0 aliphatic carbocycles. The maximum atomic E-state index is 8.70. The second-order valence-corrected chi connectivity index (χ2v) is 5.27. The lowest BCUT2D eigenvalue weighted by Gasteiger charge is -2.17. The average molecular weight is 258 g/mol. The molecule has 0 aliphatic heterocycles. The molecule has 1 N–H and O–H groups in total. The van der Waals surface area contributed by atoms with Gasteiger partial charge in [-0.2, -0.15) is 0 Å². The Hall–Kier alpha value is -0.0800. The number of rotatable bonds is 14. The Kier molecular flexibility index (Phi) is 14.9. The zero-order valence-electron chi connectivity index (χ0n) is 12.6. The number of unbranched alkanes of at least 4 members (excludes halogenated alkanes) is 6. The minimum Gasteiger partial charge on any atom is -0.396 e. The van der Waals surface area contributed by atoms with E-state index in [1.807, 2.05) is 0 Å². The van der Waals surface area contributed by atoms with Crippen molar-refractivity contribution in [3.05, 3.63) is 0 Å². The van der Waals surface area contributed by atoms with Gasteiger partial charge in [0.15, 0.2) is 0 Å². The quantitative estimate of drug-likeness (QED) is 0.458. The highest BCUT2D eigenvalue weighted by molar-refractivity contribution is 4.59. The van der Waals surface area contributed by atoms with Crippen molar-refractivity contribution in [2.45, 2.75) is 90.6 Å². The van der Waals surface area contributed by atoms with Crippen LogP contribution in [0.25, 0.3) is 0 Å². The van der Waals surface area contributed by atoms with Crippen molar-refractivity contribution >= 4 is 0 Å². The van der Waals surface area contributed by atoms with E-state index in [4.69, 9.17) is 9.84 Å². The Morgan fingerprint density at radius 1 is 0.778 bits per heavy atom. The highest BCUT2D eigenvalue weighted by Crippen LogP contribution is 2.14. The van der Waals surface area contributed by atoms with Crippen molar-refractivity contribution in [1.29, 1.82) is 0 Å². The maximum absolute atomic E-state index is 8.70. The third-order valence-corrected chi connectivity index (χ3v) is 3.42. The minimum absolute atomic E-state index is 0.330. The van der Waals surface area contributed by atoms with E-state index in [9.17, 15) is 0 Å². The average Bonchev–Trinajstić information content (AvgIpc) is 2.39. The van der Waals surface area contributed by atoms with Crippen LogP contribution in [0, 0.1) is 0 Å². The van der Waals surface area contributed by atoms with Gasteiger partial charge in [-0.3, -0.25) is 0 Å². The summed E-state index contributed by atoms with van der Waals surface area (Å²) in [5.74, 6) is 0. The lowest BCUT2D eigenvalue weighted by molar-refractivity contribution is 0.0360. The molecule has 0 saturated heterocycles. The summed E-state index contributed by atoms with van der Waals surface area (Å²) in [5.41, 5.74) is 0. The van der Waals surface area contributed by atoms with Gasteiger partial charge in [-0.25, -0.2) is 0 Å². The van der Waals surface area contributed by atoms with Crippen molar-refractivity contribution in [2.75, 3.05) is 13.2 Å². The van der Waals surface area contributed by atoms with Crippen molar-refractivity contribution in [3.8, 4) is 0 Å². The zero-order chi connectivity index (χ0) is 13.5. The molecular weight excluding hydrogens is 224 g/mol. The second-order valence-electron chi connectivity index (χ2n) is 5.27. The highest BCUT2D eigenvalue weighted by Gasteiger charge is 2.07. The van der Waals surface area contributed by atoms with E-state index >= 15 is 0 Å². The summed E-state index contributed by atoms with van der Waals surface area (Å²) in [7, 11) is 0. The molecule has 0 aromatic rings. The van der Waals surface area contributed by atoms with Crippen LogP contribution < -0.4 is 0 Å². The van der Waals surface area contributed by atoms with E-state index in [0.717, 1.165) is 25.9 Å². The largest absolute Gasteiger partial charge is 0.396 e. The van der Waals surface area contributed by atoms with E-state index < -0.39 is 0 Å². The molecule has 0 aromatic heterocycles. The standard InChI is InChI=1S/C16H34O2/c1-3-5-9-13-16(12-6-4-2)18-15-11-8-7-10-14-17/h16-17H,3-15H2,1-2H3. The van der Waals surface area contributed by atoms with Crippen LogP contribution in [0.2, 0.25) is 0 Å². The molecule has 1 atom stereocenters. The third-order valence-electron chi connectivity index (χ3n) is 3.42. The zero-order valence-corrected chi connectivity index (χ0v) is 12.6. The fraction of sp³-hybridized carbons (Fsp3) is 1.00. The summed E-state index contributed by atoms with van der Waals surface area (Å²) in [6, 6.07) is 0. The van der Waals surface area contributed by atoms with Gasteiger partial charge in [0.2, 0.25) is 0 Å². The molecule has 0 saturated carbocycles. The van der Waals surface area contributed by atoms with Gasteiger partial charge in [0.1, 0.15) is 0 Å². The van der Waals surface area contributed by atoms with Gasteiger partial charge in [0, 0.05) is 13.2 Å². The molecule has 0 radical (unpaired) electrons. The van der Waals surface area contributed by atoms with Crippen LogP contribution in [-0.4, -0.2) is 24.4 Å². The molecule has 0 amide bonds. The molecule has 2 nitrogen and oxygen atoms in total. The highest BCUT2D eigenvalue weighted by atomic mass is 16.5. The molecule has 0 spiro atoms. The topological polar surface area (TPSA) is 29.5 Å². The Bertz CT molecular complexity index is 148. The SMILES string of the molecule is CCCCCC(CCCC)OCCCCCCO. The lowest BCUT2D eigenvalue weighted by Crippen LogP contribution is -2.14. The van der Waals surface area contributed by atoms with Crippen LogP contribution in [-0.2, 0) is 4.74 Å². The molecule has 0 fully saturated rings. The molecule has 0 heterocycles. The van der Waals surface area contributed by atoms with E-state index in [0.29, 0.717) is 12.7 Å².